The summed E-state index contributed by atoms with van der Waals surface area (Å²) >= 11 is 1.93. The summed E-state index contributed by atoms with van der Waals surface area (Å²) in [6.07, 6.45) is 3.88. The van der Waals surface area contributed by atoms with Crippen molar-refractivity contribution in [3.63, 3.8) is 0 Å². The molecule has 1 N–H and O–H groups in total. The van der Waals surface area contributed by atoms with Crippen LogP contribution in [0.3, 0.4) is 0 Å². The van der Waals surface area contributed by atoms with Gasteiger partial charge in [0.15, 0.2) is 0 Å². The minimum absolute atomic E-state index is 0.560. The lowest BCUT2D eigenvalue weighted by molar-refractivity contribution is 0.400. The molecule has 1 aliphatic rings. The molecule has 1 aliphatic carbocycles. The largest absolute Gasteiger partial charge is 0.309 e. The Morgan fingerprint density at radius 1 is 1.19 bits per heavy atom. The van der Waals surface area contributed by atoms with E-state index in [2.05, 4.69) is 60.9 Å². The molecule has 0 saturated heterocycles. The number of fused-ring (bicyclic) bond motifs is 1. The molecule has 1 heterocycles. The van der Waals surface area contributed by atoms with Crippen LogP contribution in [0, 0.1) is 5.92 Å². The summed E-state index contributed by atoms with van der Waals surface area (Å²) in [6, 6.07) is 13.8. The average Bonchev–Trinajstić information content (AvgIpc) is 2.97. The van der Waals surface area contributed by atoms with E-state index in [0.29, 0.717) is 17.9 Å². The maximum absolute atomic E-state index is 3.85. The van der Waals surface area contributed by atoms with E-state index in [1.54, 1.807) is 10.4 Å². The maximum atomic E-state index is 3.85. The van der Waals surface area contributed by atoms with Gasteiger partial charge in [-0.1, -0.05) is 44.2 Å². The Morgan fingerprint density at radius 3 is 2.76 bits per heavy atom. The molecule has 2 atom stereocenters. The first-order valence-electron chi connectivity index (χ1n) is 8.10. The van der Waals surface area contributed by atoms with Crippen molar-refractivity contribution in [1.29, 1.82) is 0 Å². The molecule has 2 aromatic rings. The molecule has 21 heavy (non-hydrogen) atoms. The highest BCUT2D eigenvalue weighted by atomic mass is 32.1. The normalized spacial score (nSPS) is 19.5. The number of hydrogen-bond acceptors (Lipinski definition) is 2. The Morgan fingerprint density at radius 2 is 2.00 bits per heavy atom. The molecule has 3 rings (SSSR count). The van der Waals surface area contributed by atoms with Gasteiger partial charge in [-0.2, -0.15) is 0 Å². The van der Waals surface area contributed by atoms with Gasteiger partial charge >= 0.3 is 0 Å². The number of nitrogens with one attached hydrogen (secondary N) is 1. The van der Waals surface area contributed by atoms with E-state index in [1.165, 1.54) is 24.8 Å². The summed E-state index contributed by atoms with van der Waals surface area (Å²) in [5, 5.41) is 6.10. The summed E-state index contributed by atoms with van der Waals surface area (Å²) in [6.45, 7) is 5.73. The maximum Gasteiger partial charge on any atom is 0.0331 e. The van der Waals surface area contributed by atoms with E-state index < -0.39 is 0 Å². The van der Waals surface area contributed by atoms with Crippen molar-refractivity contribution in [3.05, 3.63) is 57.8 Å². The van der Waals surface area contributed by atoms with Gasteiger partial charge in [-0.25, -0.2) is 0 Å². The standard InChI is InChI=1S/C19H25NS/c1-14(2)17(15-7-4-3-5-8-15)13-20-18-9-6-10-19-16(18)11-12-21-19/h3-5,7-8,11-12,14,17-18,20H,6,9-10,13H2,1-2H3. The van der Waals surface area contributed by atoms with Gasteiger partial charge in [0.05, 0.1) is 0 Å². The molecule has 0 radical (unpaired) electrons. The predicted molar refractivity (Wildman–Crippen MR) is 92.0 cm³/mol. The van der Waals surface area contributed by atoms with Crippen LogP contribution in [0.15, 0.2) is 41.8 Å². The van der Waals surface area contributed by atoms with Crippen LogP contribution in [0.2, 0.25) is 0 Å². The van der Waals surface area contributed by atoms with Crippen LogP contribution in [-0.2, 0) is 6.42 Å². The zero-order chi connectivity index (χ0) is 14.7. The van der Waals surface area contributed by atoms with Crippen LogP contribution in [0.5, 0.6) is 0 Å². The first kappa shape index (κ1) is 14.8. The SMILES string of the molecule is CC(C)C(CNC1CCCc2sccc21)c1ccccc1. The summed E-state index contributed by atoms with van der Waals surface area (Å²) in [5.41, 5.74) is 3.02. The zero-order valence-corrected chi connectivity index (χ0v) is 13.8. The topological polar surface area (TPSA) is 12.0 Å². The Labute approximate surface area is 132 Å². The van der Waals surface area contributed by atoms with Gasteiger partial charge in [-0.3, -0.25) is 0 Å². The molecule has 0 bridgehead atoms. The fraction of sp³-hybridized carbons (Fsp3) is 0.474. The van der Waals surface area contributed by atoms with E-state index >= 15 is 0 Å². The molecule has 0 aliphatic heterocycles. The third-order valence-corrected chi connectivity index (χ3v) is 5.67. The first-order chi connectivity index (χ1) is 10.3. The molecule has 0 fully saturated rings. The lowest BCUT2D eigenvalue weighted by atomic mass is 9.87. The molecule has 2 unspecified atom stereocenters. The molecule has 1 aromatic carbocycles. The lowest BCUT2D eigenvalue weighted by Crippen LogP contribution is -2.30. The summed E-state index contributed by atoms with van der Waals surface area (Å²) in [5.74, 6) is 1.25. The highest BCUT2D eigenvalue weighted by Gasteiger charge is 2.23. The number of hydrogen-bond donors (Lipinski definition) is 1. The first-order valence-corrected chi connectivity index (χ1v) is 8.98. The van der Waals surface area contributed by atoms with E-state index in [-0.39, 0.29) is 0 Å². The minimum atomic E-state index is 0.560. The van der Waals surface area contributed by atoms with Gasteiger partial charge in [0, 0.05) is 17.5 Å². The fourth-order valence-electron chi connectivity index (χ4n) is 3.41. The third kappa shape index (κ3) is 3.38. The van der Waals surface area contributed by atoms with Gasteiger partial charge < -0.3 is 5.32 Å². The monoisotopic (exact) mass is 299 g/mol. The minimum Gasteiger partial charge on any atom is -0.309 e. The molecular formula is C19H25NS. The second-order valence-corrected chi connectivity index (χ2v) is 7.41. The van der Waals surface area contributed by atoms with Crippen LogP contribution in [0.4, 0.5) is 0 Å². The number of benzene rings is 1. The van der Waals surface area contributed by atoms with Gasteiger partial charge in [-0.05, 0) is 53.7 Å². The van der Waals surface area contributed by atoms with E-state index in [9.17, 15) is 0 Å². The zero-order valence-electron chi connectivity index (χ0n) is 13.0. The number of rotatable bonds is 5. The highest BCUT2D eigenvalue weighted by Crippen LogP contribution is 2.34. The fourth-order valence-corrected chi connectivity index (χ4v) is 4.39. The molecule has 0 saturated carbocycles. The smallest absolute Gasteiger partial charge is 0.0331 e. The third-order valence-electron chi connectivity index (χ3n) is 4.67. The Bertz CT molecular complexity index is 558. The number of aryl methyl sites for hydroxylation is 1. The Kier molecular flexibility index (Phi) is 4.77. The van der Waals surface area contributed by atoms with Crippen molar-refractivity contribution in [2.45, 2.75) is 45.1 Å². The van der Waals surface area contributed by atoms with Crippen molar-refractivity contribution in [1.82, 2.24) is 5.32 Å². The quantitative estimate of drug-likeness (QED) is 0.804. The summed E-state index contributed by atoms with van der Waals surface area (Å²) < 4.78 is 0. The van der Waals surface area contributed by atoms with Gasteiger partial charge in [0.2, 0.25) is 0 Å². The molecule has 1 aromatic heterocycles. The summed E-state index contributed by atoms with van der Waals surface area (Å²) in [4.78, 5) is 1.60. The van der Waals surface area contributed by atoms with Crippen LogP contribution in [0.1, 0.15) is 54.7 Å². The number of thiophene rings is 1. The molecule has 0 amide bonds. The van der Waals surface area contributed by atoms with E-state index in [0.717, 1.165) is 6.54 Å². The van der Waals surface area contributed by atoms with Crippen LogP contribution < -0.4 is 5.32 Å². The van der Waals surface area contributed by atoms with Crippen molar-refractivity contribution in [2.24, 2.45) is 5.92 Å². The second-order valence-electron chi connectivity index (χ2n) is 6.41. The molecule has 2 heteroatoms. The van der Waals surface area contributed by atoms with E-state index in [4.69, 9.17) is 0 Å². The molecular weight excluding hydrogens is 274 g/mol. The van der Waals surface area contributed by atoms with Crippen LogP contribution in [0.25, 0.3) is 0 Å². The second kappa shape index (κ2) is 6.76. The van der Waals surface area contributed by atoms with Crippen LogP contribution >= 0.6 is 11.3 Å². The predicted octanol–water partition coefficient (Wildman–Crippen LogP) is 5.15. The molecule has 112 valence electrons. The van der Waals surface area contributed by atoms with Gasteiger partial charge in [0.1, 0.15) is 0 Å². The highest BCUT2D eigenvalue weighted by molar-refractivity contribution is 7.10. The van der Waals surface area contributed by atoms with Gasteiger partial charge in [-0.15, -0.1) is 11.3 Å². The van der Waals surface area contributed by atoms with Gasteiger partial charge in [0.25, 0.3) is 0 Å². The average molecular weight is 299 g/mol. The molecule has 0 spiro atoms. The Balaban J connectivity index is 1.69. The van der Waals surface area contributed by atoms with Crippen molar-refractivity contribution >= 4 is 11.3 Å². The van der Waals surface area contributed by atoms with Crippen molar-refractivity contribution in [3.8, 4) is 0 Å². The van der Waals surface area contributed by atoms with Crippen molar-refractivity contribution in [2.75, 3.05) is 6.54 Å². The van der Waals surface area contributed by atoms with Crippen LogP contribution in [-0.4, -0.2) is 6.54 Å². The van der Waals surface area contributed by atoms with E-state index in [1.807, 2.05) is 11.3 Å². The Hall–Kier alpha value is -1.12. The summed E-state index contributed by atoms with van der Waals surface area (Å²) in [7, 11) is 0. The lowest BCUT2D eigenvalue weighted by Gasteiger charge is -2.28. The van der Waals surface area contributed by atoms with Crippen molar-refractivity contribution < 1.29 is 0 Å². The molecule has 1 nitrogen and oxygen atoms in total.